The van der Waals surface area contributed by atoms with Crippen molar-refractivity contribution in [1.82, 2.24) is 4.98 Å². The largest absolute Gasteiger partial charge is 0.384 e. The van der Waals surface area contributed by atoms with Crippen LogP contribution in [0.3, 0.4) is 0 Å². The predicted octanol–water partition coefficient (Wildman–Crippen LogP) is 4.03. The monoisotopic (exact) mass is 361 g/mol. The van der Waals surface area contributed by atoms with E-state index in [-0.39, 0.29) is 36.9 Å². The van der Waals surface area contributed by atoms with E-state index in [1.54, 1.807) is 12.1 Å². The Morgan fingerprint density at radius 1 is 1.08 bits per heavy atom. The number of pyridine rings is 1. The highest BCUT2D eigenvalue weighted by atomic mass is 35.5. The standard InChI is InChI=1S/C19H23N3O2.ClH/c1-2-3-4-14-5-7-15(8-6-14)17(23)10-12-19(24)22-16-9-11-18(20)21-13-16;/h5-9,11,13H,2-4,10,12H2,1H3,(H2,20,21)(H,22,24);1H. The number of nitrogens with one attached hydrogen (secondary N) is 1. The lowest BCUT2D eigenvalue weighted by Gasteiger charge is -2.06. The van der Waals surface area contributed by atoms with E-state index in [2.05, 4.69) is 17.2 Å². The highest BCUT2D eigenvalue weighted by molar-refractivity contribution is 6.00. The molecule has 0 unspecified atom stereocenters. The van der Waals surface area contributed by atoms with Gasteiger partial charge in [0.25, 0.3) is 0 Å². The van der Waals surface area contributed by atoms with Gasteiger partial charge in [-0.3, -0.25) is 9.59 Å². The third-order valence-corrected chi connectivity index (χ3v) is 3.74. The van der Waals surface area contributed by atoms with Gasteiger partial charge in [0.05, 0.1) is 11.9 Å². The molecule has 3 N–H and O–H groups in total. The van der Waals surface area contributed by atoms with Crippen LogP contribution in [0.25, 0.3) is 0 Å². The van der Waals surface area contributed by atoms with Gasteiger partial charge in [-0.15, -0.1) is 12.4 Å². The summed E-state index contributed by atoms with van der Waals surface area (Å²) in [5, 5.41) is 2.70. The molecule has 0 fully saturated rings. The van der Waals surface area contributed by atoms with Crippen molar-refractivity contribution in [3.63, 3.8) is 0 Å². The number of benzene rings is 1. The highest BCUT2D eigenvalue weighted by Gasteiger charge is 2.10. The molecule has 1 amide bonds. The van der Waals surface area contributed by atoms with Crippen molar-refractivity contribution in [3.05, 3.63) is 53.7 Å². The van der Waals surface area contributed by atoms with E-state index in [0.29, 0.717) is 17.1 Å². The van der Waals surface area contributed by atoms with Gasteiger partial charge in [0, 0.05) is 18.4 Å². The summed E-state index contributed by atoms with van der Waals surface area (Å²) in [4.78, 5) is 27.9. The topological polar surface area (TPSA) is 85.1 Å². The van der Waals surface area contributed by atoms with Crippen molar-refractivity contribution >= 4 is 35.6 Å². The Morgan fingerprint density at radius 2 is 1.80 bits per heavy atom. The number of aromatic nitrogens is 1. The Labute approximate surface area is 154 Å². The molecule has 0 bridgehead atoms. The normalized spacial score (nSPS) is 9.96. The van der Waals surface area contributed by atoms with Gasteiger partial charge in [-0.2, -0.15) is 0 Å². The number of carbonyl (C=O) groups is 2. The number of nitrogen functional groups attached to an aromatic ring is 1. The maximum atomic E-state index is 12.2. The maximum absolute atomic E-state index is 12.2. The molecule has 2 aromatic rings. The molecular weight excluding hydrogens is 338 g/mol. The molecule has 6 heteroatoms. The third-order valence-electron chi connectivity index (χ3n) is 3.74. The highest BCUT2D eigenvalue weighted by Crippen LogP contribution is 2.12. The first-order chi connectivity index (χ1) is 11.6. The predicted molar refractivity (Wildman–Crippen MR) is 103 cm³/mol. The van der Waals surface area contributed by atoms with Crippen LogP contribution in [-0.2, 0) is 11.2 Å². The molecule has 25 heavy (non-hydrogen) atoms. The first-order valence-corrected chi connectivity index (χ1v) is 8.22. The van der Waals surface area contributed by atoms with Gasteiger partial charge in [-0.1, -0.05) is 37.6 Å². The summed E-state index contributed by atoms with van der Waals surface area (Å²) in [5.41, 5.74) is 7.95. The van der Waals surface area contributed by atoms with Crippen LogP contribution in [-0.4, -0.2) is 16.7 Å². The first kappa shape index (κ1) is 20.6. The lowest BCUT2D eigenvalue weighted by molar-refractivity contribution is -0.116. The molecule has 0 atom stereocenters. The summed E-state index contributed by atoms with van der Waals surface area (Å²) >= 11 is 0. The van der Waals surface area contributed by atoms with E-state index in [0.717, 1.165) is 19.3 Å². The molecular formula is C19H24ClN3O2. The van der Waals surface area contributed by atoms with E-state index < -0.39 is 0 Å². The summed E-state index contributed by atoms with van der Waals surface area (Å²) in [7, 11) is 0. The van der Waals surface area contributed by atoms with Crippen molar-refractivity contribution in [2.45, 2.75) is 39.0 Å². The summed E-state index contributed by atoms with van der Waals surface area (Å²) in [6, 6.07) is 11.0. The fourth-order valence-corrected chi connectivity index (χ4v) is 2.31. The zero-order chi connectivity index (χ0) is 17.4. The Morgan fingerprint density at radius 3 is 2.40 bits per heavy atom. The van der Waals surface area contributed by atoms with Gasteiger partial charge in [0.15, 0.2) is 5.78 Å². The maximum Gasteiger partial charge on any atom is 0.224 e. The van der Waals surface area contributed by atoms with E-state index in [1.807, 2.05) is 24.3 Å². The molecule has 0 aliphatic rings. The molecule has 5 nitrogen and oxygen atoms in total. The van der Waals surface area contributed by atoms with Crippen LogP contribution in [0.15, 0.2) is 42.6 Å². The number of rotatable bonds is 8. The molecule has 0 spiro atoms. The van der Waals surface area contributed by atoms with Crippen molar-refractivity contribution in [3.8, 4) is 0 Å². The van der Waals surface area contributed by atoms with Crippen LogP contribution >= 0.6 is 12.4 Å². The molecule has 0 aliphatic carbocycles. The third kappa shape index (κ3) is 6.93. The Balaban J connectivity index is 0.00000312. The Bertz CT molecular complexity index is 685. The Kier molecular flexibility index (Phi) is 8.64. The molecule has 2 rings (SSSR count). The molecule has 0 saturated heterocycles. The van der Waals surface area contributed by atoms with Crippen LogP contribution in [0.5, 0.6) is 0 Å². The van der Waals surface area contributed by atoms with Gasteiger partial charge in [0.1, 0.15) is 5.82 Å². The zero-order valence-electron chi connectivity index (χ0n) is 14.3. The first-order valence-electron chi connectivity index (χ1n) is 8.22. The molecule has 1 aromatic carbocycles. The number of carbonyl (C=O) groups excluding carboxylic acids is 2. The minimum Gasteiger partial charge on any atom is -0.384 e. The second-order valence-corrected chi connectivity index (χ2v) is 5.74. The zero-order valence-corrected chi connectivity index (χ0v) is 15.1. The summed E-state index contributed by atoms with van der Waals surface area (Å²) in [6.45, 7) is 2.16. The van der Waals surface area contributed by atoms with Gasteiger partial charge >= 0.3 is 0 Å². The van der Waals surface area contributed by atoms with Crippen LogP contribution in [0.2, 0.25) is 0 Å². The van der Waals surface area contributed by atoms with Crippen LogP contribution in [0, 0.1) is 0 Å². The molecule has 1 aromatic heterocycles. The summed E-state index contributed by atoms with van der Waals surface area (Å²) in [6.07, 6.45) is 5.14. The van der Waals surface area contributed by atoms with Gasteiger partial charge < -0.3 is 11.1 Å². The fraction of sp³-hybridized carbons (Fsp3) is 0.316. The number of ketones is 1. The van der Waals surface area contributed by atoms with Gasteiger partial charge in [0.2, 0.25) is 5.91 Å². The number of Topliss-reactive ketones (excluding diaryl/α,β-unsaturated/α-hetero) is 1. The summed E-state index contributed by atoms with van der Waals surface area (Å²) in [5.74, 6) is 0.155. The second-order valence-electron chi connectivity index (χ2n) is 5.74. The van der Waals surface area contributed by atoms with Gasteiger partial charge in [-0.05, 0) is 30.5 Å². The van der Waals surface area contributed by atoms with Gasteiger partial charge in [-0.25, -0.2) is 4.98 Å². The molecule has 134 valence electrons. The fourth-order valence-electron chi connectivity index (χ4n) is 2.31. The number of nitrogens with two attached hydrogens (primary N) is 1. The second kappa shape index (κ2) is 10.5. The number of aryl methyl sites for hydroxylation is 1. The Hall–Kier alpha value is -2.40. The van der Waals surface area contributed by atoms with Crippen molar-refractivity contribution < 1.29 is 9.59 Å². The number of anilines is 2. The summed E-state index contributed by atoms with van der Waals surface area (Å²) < 4.78 is 0. The number of unbranched alkanes of at least 4 members (excludes halogenated alkanes) is 1. The quantitative estimate of drug-likeness (QED) is 0.695. The van der Waals surface area contributed by atoms with Crippen molar-refractivity contribution in [2.75, 3.05) is 11.1 Å². The van der Waals surface area contributed by atoms with Crippen LogP contribution in [0.1, 0.15) is 48.5 Å². The SMILES string of the molecule is CCCCc1ccc(C(=O)CCC(=O)Nc2ccc(N)nc2)cc1.Cl. The van der Waals surface area contributed by atoms with Crippen LogP contribution in [0.4, 0.5) is 11.5 Å². The number of amides is 1. The molecule has 0 saturated carbocycles. The molecule has 0 aliphatic heterocycles. The number of halogens is 1. The van der Waals surface area contributed by atoms with E-state index in [1.165, 1.54) is 11.8 Å². The number of nitrogens with zero attached hydrogens (tertiary/aromatic N) is 1. The van der Waals surface area contributed by atoms with Crippen LogP contribution < -0.4 is 11.1 Å². The van der Waals surface area contributed by atoms with Crippen molar-refractivity contribution in [2.24, 2.45) is 0 Å². The lowest BCUT2D eigenvalue weighted by atomic mass is 10.0. The average Bonchev–Trinajstić information content (AvgIpc) is 2.60. The minimum atomic E-state index is -0.213. The number of hydrogen-bond acceptors (Lipinski definition) is 4. The van der Waals surface area contributed by atoms with E-state index >= 15 is 0 Å². The van der Waals surface area contributed by atoms with E-state index in [4.69, 9.17) is 5.73 Å². The molecule has 0 radical (unpaired) electrons. The lowest BCUT2D eigenvalue weighted by Crippen LogP contribution is -2.13. The number of hydrogen-bond donors (Lipinski definition) is 2. The van der Waals surface area contributed by atoms with Crippen molar-refractivity contribution in [1.29, 1.82) is 0 Å². The smallest absolute Gasteiger partial charge is 0.224 e. The minimum absolute atomic E-state index is 0. The average molecular weight is 362 g/mol. The molecule has 1 heterocycles. The van der Waals surface area contributed by atoms with E-state index in [9.17, 15) is 9.59 Å².